The zero-order valence-electron chi connectivity index (χ0n) is 15.8. The summed E-state index contributed by atoms with van der Waals surface area (Å²) >= 11 is 0. The Hall–Kier alpha value is -2.42. The first-order chi connectivity index (χ1) is 13.7. The van der Waals surface area contributed by atoms with Crippen molar-refractivity contribution in [1.29, 1.82) is 0 Å². The van der Waals surface area contributed by atoms with E-state index in [1.165, 1.54) is 6.20 Å². The Morgan fingerprint density at radius 2 is 1.25 bits per heavy atom. The van der Waals surface area contributed by atoms with E-state index in [-0.39, 0.29) is 24.7 Å². The topological polar surface area (TPSA) is 83.5 Å². The highest BCUT2D eigenvalue weighted by molar-refractivity contribution is 6.03. The molecule has 28 heavy (non-hydrogen) atoms. The monoisotopic (exact) mass is 391 g/mol. The fourth-order valence-electron chi connectivity index (χ4n) is 2.74. The normalized spacial score (nSPS) is 20.2. The fraction of sp³-hybridized carbons (Fsp3) is 0.500. The molecule has 1 saturated heterocycles. The lowest BCUT2D eigenvalue weighted by Gasteiger charge is -2.14. The molecule has 0 spiro atoms. The third-order valence-corrected chi connectivity index (χ3v) is 4.19. The van der Waals surface area contributed by atoms with E-state index in [9.17, 15) is 9.59 Å². The lowest BCUT2D eigenvalue weighted by atomic mass is 10.2. The molecule has 0 aromatic heterocycles. The van der Waals surface area contributed by atoms with Crippen LogP contribution in [0.1, 0.15) is 18.4 Å². The van der Waals surface area contributed by atoms with Gasteiger partial charge in [0, 0.05) is 19.0 Å². The minimum Gasteiger partial charge on any atom is -0.487 e. The first kappa shape index (κ1) is 20.3. The average Bonchev–Trinajstić information content (AvgIpc) is 3.01. The van der Waals surface area contributed by atoms with Crippen molar-refractivity contribution in [2.45, 2.75) is 12.8 Å². The summed E-state index contributed by atoms with van der Waals surface area (Å²) in [5.74, 6) is 0.795. The summed E-state index contributed by atoms with van der Waals surface area (Å²) in [5, 5.41) is 0. The second kappa shape index (κ2) is 10.8. The number of ether oxygens (including phenoxy) is 5. The molecule has 0 atom stereocenters. The molecule has 0 N–H and O–H groups in total. The van der Waals surface area contributed by atoms with Gasteiger partial charge in [-0.25, -0.2) is 0 Å². The minimum atomic E-state index is -0.184. The molecule has 0 bridgehead atoms. The minimum absolute atomic E-state index is 0.184. The zero-order valence-corrected chi connectivity index (χ0v) is 15.8. The van der Waals surface area contributed by atoms with Crippen molar-refractivity contribution in [1.82, 2.24) is 4.90 Å². The molecule has 1 aromatic carbocycles. The summed E-state index contributed by atoms with van der Waals surface area (Å²) in [5.41, 5.74) is 0.790. The zero-order chi connectivity index (χ0) is 19.6. The molecule has 2 amide bonds. The Kier molecular flexibility index (Phi) is 7.83. The summed E-state index contributed by atoms with van der Waals surface area (Å²) in [4.78, 5) is 24.6. The van der Waals surface area contributed by atoms with Gasteiger partial charge in [0.1, 0.15) is 13.2 Å². The number of likely N-dealkylation sites (tertiary alicyclic amines) is 1. The van der Waals surface area contributed by atoms with Gasteiger partial charge >= 0.3 is 0 Å². The summed E-state index contributed by atoms with van der Waals surface area (Å²) in [6, 6.07) is 5.44. The molecule has 152 valence electrons. The second-order valence-electron chi connectivity index (χ2n) is 6.21. The fourth-order valence-corrected chi connectivity index (χ4v) is 2.74. The van der Waals surface area contributed by atoms with Gasteiger partial charge in [-0.1, -0.05) is 6.07 Å². The number of hydrogen-bond acceptors (Lipinski definition) is 7. The predicted molar refractivity (Wildman–Crippen MR) is 100 cm³/mol. The van der Waals surface area contributed by atoms with Crippen LogP contribution < -0.4 is 9.47 Å². The Morgan fingerprint density at radius 1 is 0.714 bits per heavy atom. The second-order valence-corrected chi connectivity index (χ2v) is 6.21. The average molecular weight is 391 g/mol. The van der Waals surface area contributed by atoms with Gasteiger partial charge in [0.25, 0.3) is 0 Å². The SMILES string of the molecule is O=C1CCC(=O)N1/C=C/c1ccc2c(c1)OCCOCCOCCOCCO2. The van der Waals surface area contributed by atoms with E-state index in [0.717, 1.165) is 10.5 Å². The summed E-state index contributed by atoms with van der Waals surface area (Å²) in [7, 11) is 0. The van der Waals surface area contributed by atoms with Crippen LogP contribution in [0.2, 0.25) is 0 Å². The van der Waals surface area contributed by atoms with Crippen molar-refractivity contribution in [3.63, 3.8) is 0 Å². The molecule has 8 nitrogen and oxygen atoms in total. The molecular formula is C20H25NO7. The van der Waals surface area contributed by atoms with E-state index >= 15 is 0 Å². The molecule has 0 aliphatic carbocycles. The number of benzene rings is 1. The summed E-state index contributed by atoms with van der Waals surface area (Å²) in [6.07, 6.45) is 3.73. The molecule has 2 aliphatic rings. The number of carbonyl (C=O) groups is 2. The van der Waals surface area contributed by atoms with Crippen molar-refractivity contribution in [2.24, 2.45) is 0 Å². The Bertz CT molecular complexity index is 688. The maximum Gasteiger partial charge on any atom is 0.233 e. The van der Waals surface area contributed by atoms with Crippen LogP contribution in [0.5, 0.6) is 11.5 Å². The number of imide groups is 1. The summed E-state index contributed by atoms with van der Waals surface area (Å²) in [6.45, 7) is 3.66. The van der Waals surface area contributed by atoms with Gasteiger partial charge in [-0.15, -0.1) is 0 Å². The maximum atomic E-state index is 11.7. The van der Waals surface area contributed by atoms with E-state index in [0.29, 0.717) is 64.4 Å². The van der Waals surface area contributed by atoms with Crippen LogP contribution in [-0.2, 0) is 23.8 Å². The number of nitrogens with zero attached hydrogens (tertiary/aromatic N) is 1. The standard InChI is InChI=1S/C20H25NO7/c22-19-3-4-20(23)21(19)6-5-16-1-2-17-18(15-16)28-14-12-26-10-8-24-7-9-25-11-13-27-17/h1-2,5-6,15H,3-4,7-14H2/b6-5+. The van der Waals surface area contributed by atoms with Gasteiger partial charge in [0.15, 0.2) is 11.5 Å². The van der Waals surface area contributed by atoms with Crippen molar-refractivity contribution < 1.29 is 33.3 Å². The van der Waals surface area contributed by atoms with E-state index < -0.39 is 0 Å². The third kappa shape index (κ3) is 6.05. The third-order valence-electron chi connectivity index (χ3n) is 4.19. The van der Waals surface area contributed by atoms with Crippen LogP contribution in [0.25, 0.3) is 6.08 Å². The van der Waals surface area contributed by atoms with Crippen molar-refractivity contribution in [3.8, 4) is 11.5 Å². The number of fused-ring (bicyclic) bond motifs is 1. The van der Waals surface area contributed by atoms with Crippen molar-refractivity contribution in [2.75, 3.05) is 52.9 Å². The molecule has 2 aliphatic heterocycles. The molecule has 0 radical (unpaired) electrons. The summed E-state index contributed by atoms with van der Waals surface area (Å²) < 4.78 is 27.9. The van der Waals surface area contributed by atoms with E-state index in [2.05, 4.69) is 0 Å². The molecule has 0 unspecified atom stereocenters. The van der Waals surface area contributed by atoms with Gasteiger partial charge in [0.05, 0.1) is 39.6 Å². The van der Waals surface area contributed by atoms with Gasteiger partial charge in [-0.3, -0.25) is 14.5 Å². The molecule has 1 fully saturated rings. The molecule has 0 saturated carbocycles. The smallest absolute Gasteiger partial charge is 0.233 e. The lowest BCUT2D eigenvalue weighted by Crippen LogP contribution is -2.22. The van der Waals surface area contributed by atoms with Gasteiger partial charge in [-0.2, -0.15) is 0 Å². The number of amides is 2. The maximum absolute atomic E-state index is 11.7. The Labute approximate surface area is 163 Å². The van der Waals surface area contributed by atoms with Crippen LogP contribution in [0.3, 0.4) is 0 Å². The van der Waals surface area contributed by atoms with E-state index in [1.807, 2.05) is 6.07 Å². The first-order valence-corrected chi connectivity index (χ1v) is 9.40. The highest BCUT2D eigenvalue weighted by Crippen LogP contribution is 2.29. The predicted octanol–water partition coefficient (Wildman–Crippen LogP) is 1.63. The van der Waals surface area contributed by atoms with Crippen molar-refractivity contribution in [3.05, 3.63) is 30.0 Å². The lowest BCUT2D eigenvalue weighted by molar-refractivity contribution is -0.135. The van der Waals surface area contributed by atoms with Crippen molar-refractivity contribution >= 4 is 17.9 Å². The van der Waals surface area contributed by atoms with Crippen LogP contribution in [0.4, 0.5) is 0 Å². The number of rotatable bonds is 2. The Balaban J connectivity index is 1.67. The molecule has 3 rings (SSSR count). The van der Waals surface area contributed by atoms with Gasteiger partial charge < -0.3 is 23.7 Å². The van der Waals surface area contributed by atoms with Crippen LogP contribution in [0, 0.1) is 0 Å². The van der Waals surface area contributed by atoms with E-state index in [4.69, 9.17) is 23.7 Å². The molecule has 1 aromatic rings. The molecule has 2 heterocycles. The van der Waals surface area contributed by atoms with Crippen LogP contribution in [-0.4, -0.2) is 69.6 Å². The molecular weight excluding hydrogens is 366 g/mol. The quantitative estimate of drug-likeness (QED) is 0.709. The van der Waals surface area contributed by atoms with Crippen LogP contribution in [0.15, 0.2) is 24.4 Å². The van der Waals surface area contributed by atoms with Gasteiger partial charge in [0.2, 0.25) is 11.8 Å². The highest BCUT2D eigenvalue weighted by atomic mass is 16.6. The number of hydrogen-bond donors (Lipinski definition) is 0. The Morgan fingerprint density at radius 3 is 1.86 bits per heavy atom. The molecule has 8 heteroatoms. The van der Waals surface area contributed by atoms with E-state index in [1.54, 1.807) is 18.2 Å². The highest BCUT2D eigenvalue weighted by Gasteiger charge is 2.26. The van der Waals surface area contributed by atoms with Crippen LogP contribution >= 0.6 is 0 Å². The number of carbonyl (C=O) groups excluding carboxylic acids is 2. The largest absolute Gasteiger partial charge is 0.487 e. The van der Waals surface area contributed by atoms with Gasteiger partial charge in [-0.05, 0) is 23.8 Å². The first-order valence-electron chi connectivity index (χ1n) is 9.40.